The molecule has 1 rings (SSSR count). The van der Waals surface area contributed by atoms with Gasteiger partial charge < -0.3 is 40.1 Å². The smallest absolute Gasteiger partial charge is 0.188 e. The van der Waals surface area contributed by atoms with Crippen LogP contribution in [-0.2, 0) is 9.47 Å². The van der Waals surface area contributed by atoms with Gasteiger partial charge in [0.15, 0.2) is 12.4 Å². The third-order valence-electron chi connectivity index (χ3n) is 3.54. The Kier molecular flexibility index (Phi) is 10.6. The van der Waals surface area contributed by atoms with E-state index in [2.05, 4.69) is 30.3 Å². The lowest BCUT2D eigenvalue weighted by Crippen LogP contribution is -2.60. The largest absolute Gasteiger partial charge is 0.394 e. The molecule has 7 atom stereocenters. The van der Waals surface area contributed by atoms with Crippen LogP contribution in [0.1, 0.15) is 0 Å². The molecule has 1 aliphatic rings. The highest BCUT2D eigenvalue weighted by Gasteiger charge is 2.45. The van der Waals surface area contributed by atoms with Crippen LogP contribution < -0.4 is 0 Å². The van der Waals surface area contributed by atoms with Gasteiger partial charge in [0.05, 0.1) is 13.2 Å². The van der Waals surface area contributed by atoms with E-state index in [0.29, 0.717) is 0 Å². The lowest BCUT2D eigenvalue weighted by molar-refractivity contribution is -0.310. The van der Waals surface area contributed by atoms with E-state index in [1.54, 1.807) is 0 Å². The second-order valence-electron chi connectivity index (χ2n) is 5.49. The van der Waals surface area contributed by atoms with Gasteiger partial charge in [0.2, 0.25) is 0 Å². The van der Waals surface area contributed by atoms with Crippen LogP contribution in [0.3, 0.4) is 0 Å². The number of allylic oxidation sites excluding steroid dienone is 3. The summed E-state index contributed by atoms with van der Waals surface area (Å²) in [7, 11) is 0. The van der Waals surface area contributed by atoms with Crippen molar-refractivity contribution in [1.29, 1.82) is 0 Å². The Morgan fingerprint density at radius 1 is 1.11 bits per heavy atom. The highest BCUT2D eigenvalue weighted by Crippen LogP contribution is 2.23. The lowest BCUT2D eigenvalue weighted by atomic mass is 9.99. The maximum Gasteiger partial charge on any atom is 0.188 e. The predicted molar refractivity (Wildman–Crippen MR) is 95.8 cm³/mol. The van der Waals surface area contributed by atoms with Gasteiger partial charge in [-0.25, -0.2) is 0 Å². The minimum Gasteiger partial charge on any atom is -0.394 e. The van der Waals surface area contributed by atoms with E-state index in [1.807, 2.05) is 0 Å². The molecule has 0 aromatic rings. The zero-order valence-electron chi connectivity index (χ0n) is 14.5. The van der Waals surface area contributed by atoms with Crippen LogP contribution in [0.2, 0.25) is 0 Å². The Bertz CT molecular complexity index is 634. The Morgan fingerprint density at radius 3 is 2.48 bits per heavy atom. The minimum absolute atomic E-state index is 0.157. The van der Waals surface area contributed by atoms with Gasteiger partial charge in [0.1, 0.15) is 30.5 Å². The van der Waals surface area contributed by atoms with E-state index in [9.17, 15) is 25.5 Å². The van der Waals surface area contributed by atoms with Crippen LogP contribution in [-0.4, -0.2) is 86.8 Å². The summed E-state index contributed by atoms with van der Waals surface area (Å²) in [5, 5.41) is 57.6. The summed E-state index contributed by atoms with van der Waals surface area (Å²) in [6, 6.07) is 0. The summed E-state index contributed by atoms with van der Waals surface area (Å²) in [5.41, 5.74) is 0. The average molecular weight is 380 g/mol. The highest BCUT2D eigenvalue weighted by molar-refractivity contribution is 5.32. The van der Waals surface area contributed by atoms with Crippen LogP contribution in [0, 0.1) is 23.7 Å². The predicted octanol–water partition coefficient (Wildman–Crippen LogP) is -2.17. The maximum atomic E-state index is 10.2. The first kappa shape index (κ1) is 23.1. The number of ether oxygens (including phenoxy) is 2. The van der Waals surface area contributed by atoms with Crippen LogP contribution in [0.4, 0.5) is 0 Å². The van der Waals surface area contributed by atoms with Crippen molar-refractivity contribution in [3.63, 3.8) is 0 Å². The van der Waals surface area contributed by atoms with Gasteiger partial charge in [0.25, 0.3) is 0 Å². The zero-order valence-corrected chi connectivity index (χ0v) is 14.5. The van der Waals surface area contributed by atoms with Gasteiger partial charge in [-0.3, -0.25) is 0 Å². The molecule has 0 aromatic carbocycles. The highest BCUT2D eigenvalue weighted by atomic mass is 16.7. The van der Waals surface area contributed by atoms with E-state index in [0.717, 1.165) is 0 Å². The molecule has 1 heterocycles. The van der Waals surface area contributed by atoms with Crippen molar-refractivity contribution in [2.24, 2.45) is 0 Å². The Hall–Kier alpha value is -1.98. The molecule has 8 nitrogen and oxygen atoms in total. The van der Waals surface area contributed by atoms with Crippen molar-refractivity contribution >= 4 is 0 Å². The van der Waals surface area contributed by atoms with Gasteiger partial charge in [-0.2, -0.15) is 0 Å². The molecule has 1 saturated heterocycles. The minimum atomic E-state index is -1.62. The Balaban J connectivity index is 2.96. The zero-order chi connectivity index (χ0) is 20.2. The number of hydrogen-bond donors (Lipinski definition) is 6. The quantitative estimate of drug-likeness (QED) is 0.217. The number of aliphatic hydroxyl groups excluding tert-OH is 6. The fourth-order valence-corrected chi connectivity index (χ4v) is 2.11. The fourth-order valence-electron chi connectivity index (χ4n) is 2.11. The van der Waals surface area contributed by atoms with Gasteiger partial charge in [-0.15, -0.1) is 0 Å². The molecule has 1 fully saturated rings. The SMILES string of the molecule is C=C/C=C\[C@@H](O)[C@H](C#CC#C/C=C/CO)O[C@@H]1O[C@H](CO)[C@@H](O)[C@H](O)[C@H]1O. The van der Waals surface area contributed by atoms with Gasteiger partial charge in [-0.05, 0) is 17.9 Å². The fraction of sp³-hybridized carbons (Fsp3) is 0.474. The molecule has 0 aromatic heterocycles. The molecule has 0 bridgehead atoms. The second kappa shape index (κ2) is 12.4. The summed E-state index contributed by atoms with van der Waals surface area (Å²) in [4.78, 5) is 0. The first-order chi connectivity index (χ1) is 13.0. The molecular formula is C19H24O8. The first-order valence-corrected chi connectivity index (χ1v) is 8.16. The summed E-state index contributed by atoms with van der Waals surface area (Å²) in [5.74, 6) is 10.0. The number of rotatable bonds is 7. The maximum absolute atomic E-state index is 10.2. The summed E-state index contributed by atoms with van der Waals surface area (Å²) in [6.45, 7) is 2.72. The van der Waals surface area contributed by atoms with E-state index < -0.39 is 49.5 Å². The number of aliphatic hydroxyl groups is 6. The Morgan fingerprint density at radius 2 is 1.85 bits per heavy atom. The molecular weight excluding hydrogens is 356 g/mol. The third-order valence-corrected chi connectivity index (χ3v) is 3.54. The van der Waals surface area contributed by atoms with Crippen molar-refractivity contribution in [2.45, 2.75) is 42.9 Å². The molecule has 0 radical (unpaired) electrons. The average Bonchev–Trinajstić information content (AvgIpc) is 2.67. The summed E-state index contributed by atoms with van der Waals surface area (Å²) < 4.78 is 10.7. The van der Waals surface area contributed by atoms with E-state index in [4.69, 9.17) is 14.6 Å². The first-order valence-electron chi connectivity index (χ1n) is 8.16. The molecule has 1 aliphatic heterocycles. The normalized spacial score (nSPS) is 30.2. The topological polar surface area (TPSA) is 140 Å². The molecule has 8 heteroatoms. The molecule has 27 heavy (non-hydrogen) atoms. The lowest BCUT2D eigenvalue weighted by Gasteiger charge is -2.40. The van der Waals surface area contributed by atoms with Crippen LogP contribution >= 0.6 is 0 Å². The van der Waals surface area contributed by atoms with Crippen molar-refractivity contribution in [2.75, 3.05) is 13.2 Å². The van der Waals surface area contributed by atoms with Crippen LogP contribution in [0.15, 0.2) is 37.0 Å². The summed E-state index contributed by atoms with van der Waals surface area (Å²) >= 11 is 0. The molecule has 6 N–H and O–H groups in total. The van der Waals surface area contributed by atoms with E-state index >= 15 is 0 Å². The van der Waals surface area contributed by atoms with E-state index in [1.165, 1.54) is 30.4 Å². The molecule has 0 saturated carbocycles. The van der Waals surface area contributed by atoms with Crippen LogP contribution in [0.25, 0.3) is 0 Å². The van der Waals surface area contributed by atoms with Crippen LogP contribution in [0.5, 0.6) is 0 Å². The van der Waals surface area contributed by atoms with Gasteiger partial charge in [-0.1, -0.05) is 42.7 Å². The molecule has 0 amide bonds. The molecule has 0 spiro atoms. The molecule has 0 unspecified atom stereocenters. The van der Waals surface area contributed by atoms with Crippen molar-refractivity contribution in [3.05, 3.63) is 37.0 Å². The second-order valence-corrected chi connectivity index (χ2v) is 5.49. The monoisotopic (exact) mass is 380 g/mol. The standard InChI is InChI=1S/C19H24O8/c1-2-3-9-13(22)14(10-7-5-4-6-8-11-20)26-19-18(25)17(24)16(23)15(12-21)27-19/h2-3,6,8-9,13-25H,1,11-12H2/b8-6+,9-3-/t13-,14+,15-,16-,17+,18-,19-/m1/s1. The molecule has 148 valence electrons. The summed E-state index contributed by atoms with van der Waals surface area (Å²) in [6.07, 6.45) is -2.74. The Labute approximate surface area is 157 Å². The number of hydrogen-bond acceptors (Lipinski definition) is 8. The van der Waals surface area contributed by atoms with Gasteiger partial charge in [0, 0.05) is 0 Å². The third kappa shape index (κ3) is 7.27. The van der Waals surface area contributed by atoms with Crippen molar-refractivity contribution in [3.8, 4) is 23.7 Å². The van der Waals surface area contributed by atoms with Crippen molar-refractivity contribution in [1.82, 2.24) is 0 Å². The van der Waals surface area contributed by atoms with Gasteiger partial charge >= 0.3 is 0 Å². The molecule has 0 aliphatic carbocycles. The van der Waals surface area contributed by atoms with E-state index in [-0.39, 0.29) is 6.61 Å². The van der Waals surface area contributed by atoms with Crippen molar-refractivity contribution < 1.29 is 40.1 Å².